The Morgan fingerprint density at radius 2 is 2.16 bits per heavy atom. The second-order valence-electron chi connectivity index (χ2n) is 5.03. The van der Waals surface area contributed by atoms with Crippen molar-refractivity contribution < 1.29 is 5.21 Å². The van der Waals surface area contributed by atoms with Gasteiger partial charge in [0.1, 0.15) is 5.69 Å². The zero-order valence-electron chi connectivity index (χ0n) is 11.5. The maximum atomic E-state index is 8.60. The quantitative estimate of drug-likeness (QED) is 0.363. The van der Waals surface area contributed by atoms with Gasteiger partial charge in [-0.15, -0.1) is 0 Å². The summed E-state index contributed by atoms with van der Waals surface area (Å²) in [5.74, 6) is 0.0356. The van der Waals surface area contributed by atoms with E-state index in [-0.39, 0.29) is 5.84 Å². The number of oxime groups is 1. The Labute approximate surface area is 113 Å². The maximum Gasteiger partial charge on any atom is 0.188 e. The first kappa shape index (κ1) is 13.6. The van der Waals surface area contributed by atoms with E-state index in [1.54, 1.807) is 12.3 Å². The Balaban J connectivity index is 2.05. The van der Waals surface area contributed by atoms with E-state index in [1.807, 2.05) is 6.07 Å². The van der Waals surface area contributed by atoms with E-state index in [9.17, 15) is 0 Å². The van der Waals surface area contributed by atoms with Crippen molar-refractivity contribution >= 4 is 11.5 Å². The average Bonchev–Trinajstić information content (AvgIpc) is 2.46. The van der Waals surface area contributed by atoms with Gasteiger partial charge in [-0.05, 0) is 45.1 Å². The first-order valence-corrected chi connectivity index (χ1v) is 6.47. The van der Waals surface area contributed by atoms with Crippen LogP contribution in [0.2, 0.25) is 0 Å². The van der Waals surface area contributed by atoms with Gasteiger partial charge in [0.15, 0.2) is 5.84 Å². The van der Waals surface area contributed by atoms with Crippen LogP contribution in [0.4, 0.5) is 5.69 Å². The standard InChI is InChI=1S/C13H21N5O/c1-17-7-5-10(6-8-17)18(2)11-3-4-12(15-9-11)13(14)16-19/h3-4,9-10,19H,5-8H2,1-2H3,(H2,14,16). The summed E-state index contributed by atoms with van der Waals surface area (Å²) in [5, 5.41) is 11.5. The van der Waals surface area contributed by atoms with Gasteiger partial charge in [-0.1, -0.05) is 5.16 Å². The van der Waals surface area contributed by atoms with Crippen LogP contribution in [-0.2, 0) is 0 Å². The van der Waals surface area contributed by atoms with Gasteiger partial charge in [0.05, 0.1) is 11.9 Å². The Kier molecular flexibility index (Phi) is 4.21. The zero-order chi connectivity index (χ0) is 13.8. The molecular weight excluding hydrogens is 242 g/mol. The largest absolute Gasteiger partial charge is 0.409 e. The van der Waals surface area contributed by atoms with Gasteiger partial charge in [0, 0.05) is 13.1 Å². The van der Waals surface area contributed by atoms with Crippen molar-refractivity contribution in [2.24, 2.45) is 10.9 Å². The fourth-order valence-electron chi connectivity index (χ4n) is 2.39. The first-order chi connectivity index (χ1) is 9.11. The molecule has 1 aromatic rings. The molecule has 0 amide bonds. The highest BCUT2D eigenvalue weighted by Crippen LogP contribution is 2.21. The van der Waals surface area contributed by atoms with Gasteiger partial charge in [-0.3, -0.25) is 4.98 Å². The highest BCUT2D eigenvalue weighted by Gasteiger charge is 2.20. The van der Waals surface area contributed by atoms with Crippen molar-refractivity contribution in [3.63, 3.8) is 0 Å². The highest BCUT2D eigenvalue weighted by atomic mass is 16.4. The number of amidine groups is 1. The fraction of sp³-hybridized carbons (Fsp3) is 0.538. The maximum absolute atomic E-state index is 8.60. The number of hydrogen-bond donors (Lipinski definition) is 2. The number of pyridine rings is 1. The average molecular weight is 263 g/mol. The Hall–Kier alpha value is -1.82. The number of rotatable bonds is 3. The molecule has 6 nitrogen and oxygen atoms in total. The molecule has 0 saturated carbocycles. The third-order valence-electron chi connectivity index (χ3n) is 3.76. The van der Waals surface area contributed by atoms with Gasteiger partial charge in [-0.25, -0.2) is 0 Å². The number of aromatic nitrogens is 1. The molecule has 1 fully saturated rings. The minimum atomic E-state index is 0.0356. The molecule has 19 heavy (non-hydrogen) atoms. The van der Waals surface area contributed by atoms with Gasteiger partial charge >= 0.3 is 0 Å². The molecule has 1 saturated heterocycles. The van der Waals surface area contributed by atoms with Crippen molar-refractivity contribution in [3.05, 3.63) is 24.0 Å². The number of nitrogens with zero attached hydrogens (tertiary/aromatic N) is 4. The molecular formula is C13H21N5O. The van der Waals surface area contributed by atoms with Crippen molar-refractivity contribution in [3.8, 4) is 0 Å². The summed E-state index contributed by atoms with van der Waals surface area (Å²) >= 11 is 0. The molecule has 0 aliphatic carbocycles. The molecule has 104 valence electrons. The van der Waals surface area contributed by atoms with Gasteiger partial charge in [0.2, 0.25) is 0 Å². The van der Waals surface area contributed by atoms with Crippen LogP contribution in [0.1, 0.15) is 18.5 Å². The molecule has 2 rings (SSSR count). The van der Waals surface area contributed by atoms with Crippen molar-refractivity contribution in [1.29, 1.82) is 0 Å². The van der Waals surface area contributed by atoms with Crippen molar-refractivity contribution in [2.75, 3.05) is 32.1 Å². The predicted molar refractivity (Wildman–Crippen MR) is 75.7 cm³/mol. The molecule has 1 aliphatic heterocycles. The first-order valence-electron chi connectivity index (χ1n) is 6.47. The highest BCUT2D eigenvalue weighted by molar-refractivity contribution is 5.95. The lowest BCUT2D eigenvalue weighted by Gasteiger charge is -2.36. The van der Waals surface area contributed by atoms with Crippen LogP contribution in [-0.4, -0.2) is 54.2 Å². The molecule has 0 unspecified atom stereocenters. The molecule has 0 spiro atoms. The van der Waals surface area contributed by atoms with Gasteiger partial charge in [0.25, 0.3) is 0 Å². The summed E-state index contributed by atoms with van der Waals surface area (Å²) in [4.78, 5) is 8.82. The van der Waals surface area contributed by atoms with E-state index in [0.717, 1.165) is 31.6 Å². The molecule has 0 aromatic carbocycles. The van der Waals surface area contributed by atoms with Crippen molar-refractivity contribution in [2.45, 2.75) is 18.9 Å². The van der Waals surface area contributed by atoms with Crippen LogP contribution >= 0.6 is 0 Å². The number of piperidine rings is 1. The normalized spacial score (nSPS) is 18.5. The smallest absolute Gasteiger partial charge is 0.188 e. The summed E-state index contributed by atoms with van der Waals surface area (Å²) in [6.45, 7) is 2.26. The molecule has 6 heteroatoms. The number of nitrogens with two attached hydrogens (primary N) is 1. The minimum Gasteiger partial charge on any atom is -0.409 e. The third-order valence-corrected chi connectivity index (χ3v) is 3.76. The summed E-state index contributed by atoms with van der Waals surface area (Å²) in [6, 6.07) is 4.28. The lowest BCUT2D eigenvalue weighted by Crippen LogP contribution is -2.42. The van der Waals surface area contributed by atoms with E-state index in [2.05, 4.69) is 34.0 Å². The molecule has 3 N–H and O–H groups in total. The fourth-order valence-corrected chi connectivity index (χ4v) is 2.39. The van der Waals surface area contributed by atoms with Crippen LogP contribution < -0.4 is 10.6 Å². The van der Waals surface area contributed by atoms with Crippen LogP contribution in [0.15, 0.2) is 23.5 Å². The Morgan fingerprint density at radius 3 is 2.68 bits per heavy atom. The van der Waals surface area contributed by atoms with Crippen molar-refractivity contribution in [1.82, 2.24) is 9.88 Å². The number of hydrogen-bond acceptors (Lipinski definition) is 5. The summed E-state index contributed by atoms with van der Waals surface area (Å²) in [5.41, 5.74) is 7.05. The summed E-state index contributed by atoms with van der Waals surface area (Å²) in [7, 11) is 4.25. The number of likely N-dealkylation sites (tertiary alicyclic amines) is 1. The van der Waals surface area contributed by atoms with E-state index < -0.39 is 0 Å². The zero-order valence-corrected chi connectivity index (χ0v) is 11.5. The van der Waals surface area contributed by atoms with Crippen LogP contribution in [0, 0.1) is 0 Å². The molecule has 2 heterocycles. The lowest BCUT2D eigenvalue weighted by molar-refractivity contribution is 0.253. The summed E-state index contributed by atoms with van der Waals surface area (Å²) < 4.78 is 0. The SMILES string of the molecule is CN1CCC(N(C)c2ccc(/C(N)=N/O)nc2)CC1. The number of anilines is 1. The van der Waals surface area contributed by atoms with E-state index in [4.69, 9.17) is 10.9 Å². The predicted octanol–water partition coefficient (Wildman–Crippen LogP) is 0.707. The molecule has 0 atom stereocenters. The Morgan fingerprint density at radius 1 is 1.47 bits per heavy atom. The molecule has 1 aromatic heterocycles. The van der Waals surface area contributed by atoms with Gasteiger partial charge < -0.3 is 20.7 Å². The third kappa shape index (κ3) is 3.14. The molecule has 0 radical (unpaired) electrons. The minimum absolute atomic E-state index is 0.0356. The topological polar surface area (TPSA) is 78.0 Å². The second-order valence-corrected chi connectivity index (χ2v) is 5.03. The second kappa shape index (κ2) is 5.88. The molecule has 0 bridgehead atoms. The lowest BCUT2D eigenvalue weighted by atomic mass is 10.0. The van der Waals surface area contributed by atoms with Crippen LogP contribution in [0.3, 0.4) is 0 Å². The molecule has 1 aliphatic rings. The van der Waals surface area contributed by atoms with E-state index in [1.165, 1.54) is 0 Å². The van der Waals surface area contributed by atoms with Gasteiger partial charge in [-0.2, -0.15) is 0 Å². The van der Waals surface area contributed by atoms with E-state index >= 15 is 0 Å². The Bertz CT molecular complexity index is 437. The van der Waals surface area contributed by atoms with Crippen LogP contribution in [0.25, 0.3) is 0 Å². The summed E-state index contributed by atoms with van der Waals surface area (Å²) in [6.07, 6.45) is 4.09. The monoisotopic (exact) mass is 263 g/mol. The van der Waals surface area contributed by atoms with E-state index in [0.29, 0.717) is 11.7 Å². The van der Waals surface area contributed by atoms with Crippen LogP contribution in [0.5, 0.6) is 0 Å².